The zero-order valence-corrected chi connectivity index (χ0v) is 14.7. The number of pyridine rings is 1. The van der Waals surface area contributed by atoms with Crippen LogP contribution in [0, 0.1) is 11.7 Å². The third-order valence-electron chi connectivity index (χ3n) is 4.58. The highest BCUT2D eigenvalue weighted by Gasteiger charge is 2.28. The van der Waals surface area contributed by atoms with E-state index in [2.05, 4.69) is 15.5 Å². The lowest BCUT2D eigenvalue weighted by molar-refractivity contribution is -0.120. The van der Waals surface area contributed by atoms with Crippen LogP contribution < -0.4 is 10.2 Å². The summed E-state index contributed by atoms with van der Waals surface area (Å²) in [6.07, 6.45) is 3.43. The van der Waals surface area contributed by atoms with Crippen molar-refractivity contribution < 1.29 is 9.18 Å². The average molecular weight is 374 g/mol. The van der Waals surface area contributed by atoms with Crippen LogP contribution in [0.15, 0.2) is 42.6 Å². The summed E-state index contributed by atoms with van der Waals surface area (Å²) in [7, 11) is 0. The van der Waals surface area contributed by atoms with E-state index in [0.717, 1.165) is 19.4 Å². The molecule has 0 saturated carbocycles. The molecule has 8 heteroatoms. The van der Waals surface area contributed by atoms with Crippen molar-refractivity contribution in [2.75, 3.05) is 23.3 Å². The second-order valence-corrected chi connectivity index (χ2v) is 6.71. The van der Waals surface area contributed by atoms with Gasteiger partial charge in [-0.15, -0.1) is 10.2 Å². The number of hydrogen-bond acceptors (Lipinski definition) is 4. The summed E-state index contributed by atoms with van der Waals surface area (Å²) in [5.41, 5.74) is 0.788. The summed E-state index contributed by atoms with van der Waals surface area (Å²) in [5, 5.41) is 11.6. The highest BCUT2D eigenvalue weighted by Crippen LogP contribution is 2.25. The molecule has 1 aliphatic rings. The second kappa shape index (κ2) is 6.92. The molecule has 1 N–H and O–H groups in total. The van der Waals surface area contributed by atoms with Crippen molar-refractivity contribution in [3.63, 3.8) is 0 Å². The van der Waals surface area contributed by atoms with Crippen LogP contribution >= 0.6 is 11.6 Å². The van der Waals surface area contributed by atoms with E-state index in [1.807, 2.05) is 21.6 Å². The van der Waals surface area contributed by atoms with Gasteiger partial charge in [-0.2, -0.15) is 0 Å². The van der Waals surface area contributed by atoms with Crippen LogP contribution in [0.4, 0.5) is 16.0 Å². The number of carbonyl (C=O) groups is 1. The minimum atomic E-state index is -0.438. The number of carbonyl (C=O) groups excluding carboxylic acids is 1. The summed E-state index contributed by atoms with van der Waals surface area (Å²) >= 11 is 6.15. The van der Waals surface area contributed by atoms with Crippen LogP contribution in [0.3, 0.4) is 0 Å². The maximum absolute atomic E-state index is 13.8. The van der Waals surface area contributed by atoms with Gasteiger partial charge < -0.3 is 10.2 Å². The predicted molar refractivity (Wildman–Crippen MR) is 98.0 cm³/mol. The lowest BCUT2D eigenvalue weighted by atomic mass is 9.97. The molecule has 0 bridgehead atoms. The van der Waals surface area contributed by atoms with E-state index in [-0.39, 0.29) is 17.5 Å². The van der Waals surface area contributed by atoms with Gasteiger partial charge in [0, 0.05) is 19.3 Å². The van der Waals surface area contributed by atoms with Gasteiger partial charge in [-0.1, -0.05) is 23.7 Å². The third-order valence-corrected chi connectivity index (χ3v) is 4.87. The highest BCUT2D eigenvalue weighted by molar-refractivity contribution is 6.33. The van der Waals surface area contributed by atoms with E-state index < -0.39 is 5.82 Å². The Bertz CT molecular complexity index is 960. The largest absolute Gasteiger partial charge is 0.340 e. The van der Waals surface area contributed by atoms with Gasteiger partial charge >= 0.3 is 0 Å². The zero-order valence-electron chi connectivity index (χ0n) is 13.9. The van der Waals surface area contributed by atoms with Gasteiger partial charge in [0.1, 0.15) is 5.82 Å². The van der Waals surface area contributed by atoms with E-state index in [1.165, 1.54) is 6.07 Å². The van der Waals surface area contributed by atoms with Gasteiger partial charge in [0.15, 0.2) is 5.65 Å². The number of nitrogens with zero attached hydrogens (tertiary/aromatic N) is 4. The van der Waals surface area contributed by atoms with Crippen molar-refractivity contribution >= 4 is 34.8 Å². The molecule has 1 amide bonds. The number of halogens is 2. The fraction of sp³-hybridized carbons (Fsp3) is 0.278. The molecule has 26 heavy (non-hydrogen) atoms. The lowest BCUT2D eigenvalue weighted by Crippen LogP contribution is -2.41. The molecule has 0 spiro atoms. The van der Waals surface area contributed by atoms with Crippen molar-refractivity contribution in [2.24, 2.45) is 5.92 Å². The SMILES string of the molecule is O=C(Nc1ccccc1F)C1CCCN(c2nnc3c(Cl)cccn23)C1. The number of piperidine rings is 1. The smallest absolute Gasteiger partial charge is 0.231 e. The number of amides is 1. The molecule has 2 aromatic heterocycles. The number of hydrogen-bond donors (Lipinski definition) is 1. The Balaban J connectivity index is 1.53. The van der Waals surface area contributed by atoms with Gasteiger partial charge in [-0.3, -0.25) is 9.20 Å². The van der Waals surface area contributed by atoms with Crippen LogP contribution in [-0.4, -0.2) is 33.6 Å². The summed E-state index contributed by atoms with van der Waals surface area (Å²) < 4.78 is 15.6. The molecule has 3 aromatic rings. The third kappa shape index (κ3) is 3.10. The Morgan fingerprint density at radius 2 is 2.08 bits per heavy atom. The molecule has 134 valence electrons. The molecule has 1 aliphatic heterocycles. The number of nitrogens with one attached hydrogen (secondary N) is 1. The molecular weight excluding hydrogens is 357 g/mol. The molecule has 1 fully saturated rings. The molecular formula is C18H17ClFN5O. The lowest BCUT2D eigenvalue weighted by Gasteiger charge is -2.32. The van der Waals surface area contributed by atoms with Crippen LogP contribution in [0.1, 0.15) is 12.8 Å². The normalized spacial score (nSPS) is 17.5. The summed E-state index contributed by atoms with van der Waals surface area (Å²) in [6, 6.07) is 9.76. The molecule has 0 aliphatic carbocycles. The van der Waals surface area contributed by atoms with E-state index in [9.17, 15) is 9.18 Å². The van der Waals surface area contributed by atoms with Gasteiger partial charge in [0.25, 0.3) is 0 Å². The standard InChI is InChI=1S/C18H17ClFN5O/c19-13-6-4-10-25-16(13)22-23-18(25)24-9-3-5-12(11-24)17(26)21-15-8-2-1-7-14(15)20/h1-2,4,6-8,10,12H,3,5,9,11H2,(H,21,26). The fourth-order valence-corrected chi connectivity index (χ4v) is 3.46. The van der Waals surface area contributed by atoms with Gasteiger partial charge in [0.2, 0.25) is 11.9 Å². The first-order valence-electron chi connectivity index (χ1n) is 8.43. The Hall–Kier alpha value is -2.67. The number of aromatic nitrogens is 3. The average Bonchev–Trinajstić information content (AvgIpc) is 3.09. The molecule has 3 heterocycles. The monoisotopic (exact) mass is 373 g/mol. The van der Waals surface area contributed by atoms with Crippen molar-refractivity contribution in [3.05, 3.63) is 53.4 Å². The molecule has 6 nitrogen and oxygen atoms in total. The molecule has 4 rings (SSSR count). The topological polar surface area (TPSA) is 62.5 Å². The van der Waals surface area contributed by atoms with E-state index in [1.54, 1.807) is 24.3 Å². The van der Waals surface area contributed by atoms with Crippen molar-refractivity contribution in [3.8, 4) is 0 Å². The first kappa shape index (κ1) is 16.8. The number of fused-ring (bicyclic) bond motifs is 1. The molecule has 1 saturated heterocycles. The van der Waals surface area contributed by atoms with Gasteiger partial charge in [0.05, 0.1) is 16.6 Å². The number of anilines is 2. The van der Waals surface area contributed by atoms with Gasteiger partial charge in [-0.25, -0.2) is 4.39 Å². The van der Waals surface area contributed by atoms with Crippen LogP contribution in [0.2, 0.25) is 5.02 Å². The maximum atomic E-state index is 13.8. The highest BCUT2D eigenvalue weighted by atomic mass is 35.5. The Kier molecular flexibility index (Phi) is 4.46. The minimum Gasteiger partial charge on any atom is -0.340 e. The fourth-order valence-electron chi connectivity index (χ4n) is 3.26. The predicted octanol–water partition coefficient (Wildman–Crippen LogP) is 3.38. The van der Waals surface area contributed by atoms with E-state index >= 15 is 0 Å². The Morgan fingerprint density at radius 1 is 1.23 bits per heavy atom. The summed E-state index contributed by atoms with van der Waals surface area (Å²) in [5.74, 6) is -0.223. The quantitative estimate of drug-likeness (QED) is 0.764. The second-order valence-electron chi connectivity index (χ2n) is 6.30. The summed E-state index contributed by atoms with van der Waals surface area (Å²) in [4.78, 5) is 14.6. The van der Waals surface area contributed by atoms with Crippen molar-refractivity contribution in [2.45, 2.75) is 12.8 Å². The molecule has 1 atom stereocenters. The Labute approximate surface area is 154 Å². The molecule has 1 aromatic carbocycles. The molecule has 1 unspecified atom stereocenters. The van der Waals surface area contributed by atoms with Crippen molar-refractivity contribution in [1.29, 1.82) is 0 Å². The first-order chi connectivity index (χ1) is 12.6. The zero-order chi connectivity index (χ0) is 18.1. The van der Waals surface area contributed by atoms with Crippen LogP contribution in [0.25, 0.3) is 5.65 Å². The maximum Gasteiger partial charge on any atom is 0.231 e. The van der Waals surface area contributed by atoms with E-state index in [0.29, 0.717) is 23.2 Å². The van der Waals surface area contributed by atoms with Crippen molar-refractivity contribution in [1.82, 2.24) is 14.6 Å². The molecule has 0 radical (unpaired) electrons. The van der Waals surface area contributed by atoms with Crippen LogP contribution in [0.5, 0.6) is 0 Å². The minimum absolute atomic E-state index is 0.188. The summed E-state index contributed by atoms with van der Waals surface area (Å²) in [6.45, 7) is 1.27. The number of para-hydroxylation sites is 1. The first-order valence-corrected chi connectivity index (χ1v) is 8.81. The van der Waals surface area contributed by atoms with E-state index in [4.69, 9.17) is 11.6 Å². The van der Waals surface area contributed by atoms with Crippen LogP contribution in [-0.2, 0) is 4.79 Å². The number of benzene rings is 1. The number of rotatable bonds is 3. The Morgan fingerprint density at radius 3 is 2.92 bits per heavy atom. The van der Waals surface area contributed by atoms with Gasteiger partial charge in [-0.05, 0) is 37.1 Å².